The van der Waals surface area contributed by atoms with Crippen molar-refractivity contribution in [2.45, 2.75) is 25.5 Å². The second-order valence-electron chi connectivity index (χ2n) is 7.56. The van der Waals surface area contributed by atoms with E-state index in [0.717, 1.165) is 5.56 Å². The molecule has 3 aromatic rings. The third-order valence-corrected chi connectivity index (χ3v) is 5.53. The Morgan fingerprint density at radius 3 is 2.40 bits per heavy atom. The van der Waals surface area contributed by atoms with E-state index in [1.54, 1.807) is 38.3 Å². The highest BCUT2D eigenvalue weighted by molar-refractivity contribution is 6.35. The maximum atomic E-state index is 13.0. The molecule has 182 valence electrons. The van der Waals surface area contributed by atoms with Crippen LogP contribution in [-0.4, -0.2) is 37.3 Å². The van der Waals surface area contributed by atoms with Crippen molar-refractivity contribution in [1.82, 2.24) is 10.7 Å². The maximum Gasteiger partial charge on any atom is 0.262 e. The van der Waals surface area contributed by atoms with Crippen molar-refractivity contribution in [1.29, 1.82) is 0 Å². The number of halogens is 2. The molecular weight excluding hydrogens is 489 g/mol. The molecule has 0 fully saturated rings. The fourth-order valence-electron chi connectivity index (χ4n) is 3.18. The first-order valence-corrected chi connectivity index (χ1v) is 11.5. The zero-order chi connectivity index (χ0) is 25.2. The first-order chi connectivity index (χ1) is 16.9. The van der Waals surface area contributed by atoms with Gasteiger partial charge in [0.05, 0.1) is 18.3 Å². The molecule has 35 heavy (non-hydrogen) atoms. The minimum absolute atomic E-state index is 0.261. The van der Waals surface area contributed by atoms with E-state index in [-0.39, 0.29) is 11.4 Å². The second-order valence-corrected chi connectivity index (χ2v) is 8.41. The lowest BCUT2D eigenvalue weighted by Gasteiger charge is -2.21. The Morgan fingerprint density at radius 2 is 1.69 bits per heavy atom. The minimum atomic E-state index is -0.920. The number of nitrogens with zero attached hydrogens (tertiary/aromatic N) is 1. The van der Waals surface area contributed by atoms with Crippen molar-refractivity contribution in [2.24, 2.45) is 5.10 Å². The average molecular weight is 514 g/mol. The van der Waals surface area contributed by atoms with Gasteiger partial charge in [-0.1, -0.05) is 65.7 Å². The van der Waals surface area contributed by atoms with Gasteiger partial charge in [-0.2, -0.15) is 5.10 Å². The zero-order valence-corrected chi connectivity index (χ0v) is 20.7. The molecule has 0 aliphatic heterocycles. The number of methoxy groups -OCH3 is 1. The molecule has 2 N–H and O–H groups in total. The number of hydrazone groups is 1. The van der Waals surface area contributed by atoms with Gasteiger partial charge in [-0.05, 0) is 42.8 Å². The summed E-state index contributed by atoms with van der Waals surface area (Å²) < 4.78 is 11.0. The molecule has 2 amide bonds. The van der Waals surface area contributed by atoms with Gasteiger partial charge in [0.2, 0.25) is 0 Å². The van der Waals surface area contributed by atoms with Gasteiger partial charge in [0.1, 0.15) is 17.5 Å². The van der Waals surface area contributed by atoms with Crippen LogP contribution in [0.5, 0.6) is 11.5 Å². The van der Waals surface area contributed by atoms with Crippen LogP contribution in [0.4, 0.5) is 0 Å². The summed E-state index contributed by atoms with van der Waals surface area (Å²) in [6.07, 6.45) is 0.820. The van der Waals surface area contributed by atoms with E-state index in [4.69, 9.17) is 32.7 Å². The van der Waals surface area contributed by atoms with Gasteiger partial charge in [0, 0.05) is 17.0 Å². The number of benzene rings is 3. The largest absolute Gasteiger partial charge is 0.496 e. The van der Waals surface area contributed by atoms with Crippen LogP contribution in [0.25, 0.3) is 0 Å². The average Bonchev–Trinajstić information content (AvgIpc) is 2.86. The number of carbonyl (C=O) groups is 2. The molecule has 3 aromatic carbocycles. The fourth-order valence-corrected chi connectivity index (χ4v) is 3.63. The summed E-state index contributed by atoms with van der Waals surface area (Å²) in [7, 11) is 1.55. The van der Waals surface area contributed by atoms with Crippen LogP contribution in [-0.2, 0) is 16.0 Å². The van der Waals surface area contributed by atoms with E-state index in [1.807, 2.05) is 42.5 Å². The molecule has 3 rings (SSSR count). The van der Waals surface area contributed by atoms with Crippen molar-refractivity contribution in [2.75, 3.05) is 7.11 Å². The third-order valence-electron chi connectivity index (χ3n) is 5.00. The number of hydrogen-bond acceptors (Lipinski definition) is 5. The number of nitrogens with one attached hydrogen (secondary N) is 2. The van der Waals surface area contributed by atoms with Crippen LogP contribution in [0.2, 0.25) is 10.0 Å². The number of para-hydroxylation sites is 1. The number of ether oxygens (including phenoxy) is 2. The Morgan fingerprint density at radius 1 is 0.971 bits per heavy atom. The Hall–Kier alpha value is -3.55. The van der Waals surface area contributed by atoms with Crippen LogP contribution in [0.3, 0.4) is 0 Å². The predicted octanol–water partition coefficient (Wildman–Crippen LogP) is 4.65. The van der Waals surface area contributed by atoms with Gasteiger partial charge in [0.25, 0.3) is 11.8 Å². The fraction of sp³-hybridized carbons (Fsp3) is 0.192. The van der Waals surface area contributed by atoms with Crippen molar-refractivity contribution >= 4 is 41.2 Å². The minimum Gasteiger partial charge on any atom is -0.496 e. The summed E-state index contributed by atoms with van der Waals surface area (Å²) in [5.41, 5.74) is 4.06. The number of carbonyl (C=O) groups excluding carboxylic acids is 2. The van der Waals surface area contributed by atoms with Crippen LogP contribution in [0, 0.1) is 0 Å². The summed E-state index contributed by atoms with van der Waals surface area (Å²) in [6.45, 7) is 1.57. The standard InChI is InChI=1S/C26H25Cl2N3O4/c1-17(35-24-13-12-20(27)15-21(24)28)25(32)30-22(14-18-8-4-3-5-9-18)26(33)31-29-16-19-10-6-7-11-23(19)34-2/h3-13,15-17,22H,14H2,1-2H3,(H,30,32)(H,31,33)/b29-16-/t17-,22-/m0/s1. The third kappa shape index (κ3) is 7.73. The molecule has 0 aliphatic carbocycles. The van der Waals surface area contributed by atoms with Gasteiger partial charge in [0.15, 0.2) is 6.10 Å². The summed E-state index contributed by atoms with van der Waals surface area (Å²) in [4.78, 5) is 25.8. The molecular formula is C26H25Cl2N3O4. The Balaban J connectivity index is 1.70. The van der Waals surface area contributed by atoms with E-state index in [1.165, 1.54) is 12.3 Å². The molecule has 2 atom stereocenters. The topological polar surface area (TPSA) is 89.0 Å². The van der Waals surface area contributed by atoms with Crippen molar-refractivity contribution in [3.63, 3.8) is 0 Å². The van der Waals surface area contributed by atoms with Crippen LogP contribution >= 0.6 is 23.2 Å². The van der Waals surface area contributed by atoms with Gasteiger partial charge < -0.3 is 14.8 Å². The first-order valence-electron chi connectivity index (χ1n) is 10.8. The molecule has 0 unspecified atom stereocenters. The highest BCUT2D eigenvalue weighted by atomic mass is 35.5. The Kier molecular flexibility index (Phi) is 9.52. The molecule has 0 saturated heterocycles. The highest BCUT2D eigenvalue weighted by Gasteiger charge is 2.25. The summed E-state index contributed by atoms with van der Waals surface area (Å²) in [5, 5.41) is 7.51. The highest BCUT2D eigenvalue weighted by Crippen LogP contribution is 2.28. The molecule has 0 radical (unpaired) electrons. The van der Waals surface area contributed by atoms with E-state index >= 15 is 0 Å². The normalized spacial score (nSPS) is 12.6. The quantitative estimate of drug-likeness (QED) is 0.305. The lowest BCUT2D eigenvalue weighted by Crippen LogP contribution is -2.50. The van der Waals surface area contributed by atoms with Crippen LogP contribution in [0.15, 0.2) is 77.9 Å². The molecule has 0 bridgehead atoms. The van der Waals surface area contributed by atoms with Gasteiger partial charge in [-0.15, -0.1) is 0 Å². The van der Waals surface area contributed by atoms with Crippen molar-refractivity contribution in [3.05, 3.63) is 94.0 Å². The van der Waals surface area contributed by atoms with E-state index in [2.05, 4.69) is 15.8 Å². The molecule has 0 aromatic heterocycles. The van der Waals surface area contributed by atoms with Crippen molar-refractivity contribution < 1.29 is 19.1 Å². The van der Waals surface area contributed by atoms with Gasteiger partial charge in [-0.25, -0.2) is 5.43 Å². The first kappa shape index (κ1) is 26.1. The molecule has 0 spiro atoms. The van der Waals surface area contributed by atoms with Gasteiger partial charge in [-0.3, -0.25) is 9.59 Å². The smallest absolute Gasteiger partial charge is 0.262 e. The molecule has 0 heterocycles. The second kappa shape index (κ2) is 12.8. The van der Waals surface area contributed by atoms with E-state index in [0.29, 0.717) is 22.1 Å². The summed E-state index contributed by atoms with van der Waals surface area (Å²) in [5.74, 6) is -0.0402. The summed E-state index contributed by atoms with van der Waals surface area (Å²) in [6, 6.07) is 20.4. The van der Waals surface area contributed by atoms with Crippen LogP contribution in [0.1, 0.15) is 18.1 Å². The Bertz CT molecular complexity index is 1190. The van der Waals surface area contributed by atoms with Crippen LogP contribution < -0.4 is 20.2 Å². The molecule has 7 nitrogen and oxygen atoms in total. The van der Waals surface area contributed by atoms with Gasteiger partial charge >= 0.3 is 0 Å². The predicted molar refractivity (Wildman–Crippen MR) is 137 cm³/mol. The lowest BCUT2D eigenvalue weighted by molar-refractivity contribution is -0.132. The number of amides is 2. The lowest BCUT2D eigenvalue weighted by atomic mass is 10.1. The number of hydrogen-bond donors (Lipinski definition) is 2. The zero-order valence-electron chi connectivity index (χ0n) is 19.2. The maximum absolute atomic E-state index is 13.0. The molecule has 9 heteroatoms. The Labute approximate surface area is 214 Å². The SMILES string of the molecule is COc1ccccc1/C=N\NC(=O)[C@H](Cc1ccccc1)NC(=O)[C@H](C)Oc1ccc(Cl)cc1Cl. The summed E-state index contributed by atoms with van der Waals surface area (Å²) >= 11 is 12.1. The molecule has 0 saturated carbocycles. The number of rotatable bonds is 10. The van der Waals surface area contributed by atoms with E-state index in [9.17, 15) is 9.59 Å². The monoisotopic (exact) mass is 513 g/mol. The van der Waals surface area contributed by atoms with Crippen molar-refractivity contribution in [3.8, 4) is 11.5 Å². The van der Waals surface area contributed by atoms with E-state index < -0.39 is 24.0 Å². The molecule has 0 aliphatic rings.